The van der Waals surface area contributed by atoms with Gasteiger partial charge in [-0.3, -0.25) is 0 Å². The predicted molar refractivity (Wildman–Crippen MR) is 84.2 cm³/mol. The van der Waals surface area contributed by atoms with Crippen LogP contribution >= 0.6 is 11.8 Å². The van der Waals surface area contributed by atoms with Gasteiger partial charge in [-0.25, -0.2) is 9.59 Å². The van der Waals surface area contributed by atoms with Gasteiger partial charge in [-0.15, -0.1) is 0 Å². The molecular formula is C14H28N2O3S. The average molecular weight is 304 g/mol. The van der Waals surface area contributed by atoms with E-state index in [0.29, 0.717) is 13.0 Å². The maximum absolute atomic E-state index is 11.9. The first-order chi connectivity index (χ1) is 9.35. The highest BCUT2D eigenvalue weighted by molar-refractivity contribution is 8.00. The van der Waals surface area contributed by atoms with Crippen molar-refractivity contribution in [2.45, 2.75) is 57.7 Å². The highest BCUT2D eigenvalue weighted by atomic mass is 32.2. The molecule has 0 aromatic heterocycles. The monoisotopic (exact) mass is 304 g/mol. The highest BCUT2D eigenvalue weighted by Gasteiger charge is 2.28. The molecule has 3 N–H and O–H groups in total. The number of thioether (sulfide) groups is 1. The van der Waals surface area contributed by atoms with Crippen molar-refractivity contribution >= 4 is 23.8 Å². The van der Waals surface area contributed by atoms with Crippen molar-refractivity contribution < 1.29 is 14.7 Å². The first-order valence-electron chi connectivity index (χ1n) is 7.18. The second-order valence-electron chi connectivity index (χ2n) is 5.12. The Balaban J connectivity index is 4.51. The standard InChI is InChI=1S/C14H28N2O3S/c1-6-10(4)11(12(17)18)16-13(19)15-9-14(7-2,8-3)20-5/h10-11H,6-9H2,1-5H3,(H,17,18)(H2,15,16,19)/t10?,11-/m0/s1. The van der Waals surface area contributed by atoms with E-state index in [9.17, 15) is 9.59 Å². The van der Waals surface area contributed by atoms with Gasteiger partial charge in [0.25, 0.3) is 0 Å². The van der Waals surface area contributed by atoms with Crippen molar-refractivity contribution in [3.63, 3.8) is 0 Å². The quantitative estimate of drug-likeness (QED) is 0.612. The Kier molecular flexibility index (Phi) is 8.69. The lowest BCUT2D eigenvalue weighted by atomic mass is 9.99. The molecule has 2 atom stereocenters. The number of hydrogen-bond donors (Lipinski definition) is 3. The molecule has 0 heterocycles. The second kappa shape index (κ2) is 9.10. The maximum atomic E-state index is 11.9. The number of carbonyl (C=O) groups excluding carboxylic acids is 1. The fraction of sp³-hybridized carbons (Fsp3) is 0.857. The molecule has 5 nitrogen and oxygen atoms in total. The van der Waals surface area contributed by atoms with Gasteiger partial charge in [-0.2, -0.15) is 11.8 Å². The molecule has 0 aliphatic carbocycles. The summed E-state index contributed by atoms with van der Waals surface area (Å²) >= 11 is 1.74. The van der Waals surface area contributed by atoms with Crippen molar-refractivity contribution in [1.82, 2.24) is 10.6 Å². The topological polar surface area (TPSA) is 78.4 Å². The molecule has 0 saturated carbocycles. The van der Waals surface area contributed by atoms with E-state index in [-0.39, 0.29) is 10.7 Å². The van der Waals surface area contributed by atoms with Gasteiger partial charge in [0.15, 0.2) is 0 Å². The van der Waals surface area contributed by atoms with E-state index in [1.54, 1.807) is 11.8 Å². The van der Waals surface area contributed by atoms with E-state index in [0.717, 1.165) is 12.8 Å². The van der Waals surface area contributed by atoms with Crippen molar-refractivity contribution in [2.24, 2.45) is 5.92 Å². The van der Waals surface area contributed by atoms with Gasteiger partial charge in [-0.05, 0) is 25.0 Å². The third-order valence-electron chi connectivity index (χ3n) is 4.06. The Labute approximate surface area is 126 Å². The molecule has 0 fully saturated rings. The summed E-state index contributed by atoms with van der Waals surface area (Å²) in [6.07, 6.45) is 4.65. The molecular weight excluding hydrogens is 276 g/mol. The maximum Gasteiger partial charge on any atom is 0.326 e. The number of amides is 2. The Bertz CT molecular complexity index is 311. The van der Waals surface area contributed by atoms with Crippen LogP contribution in [0.25, 0.3) is 0 Å². The van der Waals surface area contributed by atoms with E-state index >= 15 is 0 Å². The van der Waals surface area contributed by atoms with Crippen molar-refractivity contribution in [1.29, 1.82) is 0 Å². The van der Waals surface area contributed by atoms with Crippen molar-refractivity contribution in [3.8, 4) is 0 Å². The summed E-state index contributed by atoms with van der Waals surface area (Å²) in [4.78, 5) is 23.0. The SMILES string of the molecule is CCC(C)[C@H](NC(=O)NCC(CC)(CC)SC)C(=O)O. The van der Waals surface area contributed by atoms with Crippen LogP contribution in [0.5, 0.6) is 0 Å². The van der Waals surface area contributed by atoms with Gasteiger partial charge in [0.05, 0.1) is 0 Å². The zero-order valence-electron chi connectivity index (χ0n) is 13.2. The fourth-order valence-corrected chi connectivity index (χ4v) is 2.77. The molecule has 0 rings (SSSR count). The van der Waals surface area contributed by atoms with Crippen LogP contribution in [0.15, 0.2) is 0 Å². The van der Waals surface area contributed by atoms with Gasteiger partial charge >= 0.3 is 12.0 Å². The number of carboxylic acid groups (broad SMARTS) is 1. The first kappa shape index (κ1) is 19.1. The summed E-state index contributed by atoms with van der Waals surface area (Å²) in [7, 11) is 0. The zero-order valence-corrected chi connectivity index (χ0v) is 14.0. The minimum atomic E-state index is -0.989. The molecule has 0 aromatic rings. The Morgan fingerprint density at radius 2 is 1.80 bits per heavy atom. The van der Waals surface area contributed by atoms with Gasteiger partial charge < -0.3 is 15.7 Å². The normalized spacial score (nSPS) is 14.4. The number of rotatable bonds is 9. The summed E-state index contributed by atoms with van der Waals surface area (Å²) in [6.45, 7) is 8.47. The molecule has 20 heavy (non-hydrogen) atoms. The van der Waals surface area contributed by atoms with Crippen molar-refractivity contribution in [2.75, 3.05) is 12.8 Å². The molecule has 1 unspecified atom stereocenters. The van der Waals surface area contributed by atoms with E-state index in [2.05, 4.69) is 24.5 Å². The van der Waals surface area contributed by atoms with E-state index in [1.165, 1.54) is 0 Å². The molecule has 2 amide bonds. The fourth-order valence-electron chi connectivity index (χ4n) is 1.98. The summed E-state index contributed by atoms with van der Waals surface area (Å²) in [5, 5.41) is 14.5. The summed E-state index contributed by atoms with van der Waals surface area (Å²) in [5.41, 5.74) is 0. The van der Waals surface area contributed by atoms with Gasteiger partial charge in [0, 0.05) is 11.3 Å². The lowest BCUT2D eigenvalue weighted by Gasteiger charge is -2.30. The molecule has 118 valence electrons. The average Bonchev–Trinajstić information content (AvgIpc) is 2.45. The molecule has 0 spiro atoms. The second-order valence-corrected chi connectivity index (χ2v) is 6.40. The third-order valence-corrected chi connectivity index (χ3v) is 5.65. The minimum Gasteiger partial charge on any atom is -0.480 e. The van der Waals surface area contributed by atoms with Crippen LogP contribution in [0.3, 0.4) is 0 Å². The molecule has 0 radical (unpaired) electrons. The Morgan fingerprint density at radius 3 is 2.15 bits per heavy atom. The molecule has 0 aromatic carbocycles. The van der Waals surface area contributed by atoms with Crippen LogP contribution < -0.4 is 10.6 Å². The van der Waals surface area contributed by atoms with E-state index < -0.39 is 18.0 Å². The molecule has 0 saturated heterocycles. The van der Waals surface area contributed by atoms with Crippen LogP contribution in [0, 0.1) is 5.92 Å². The minimum absolute atomic E-state index is 0.0203. The zero-order chi connectivity index (χ0) is 15.8. The van der Waals surface area contributed by atoms with Gasteiger partial charge in [0.1, 0.15) is 6.04 Å². The molecule has 6 heteroatoms. The number of hydrogen-bond acceptors (Lipinski definition) is 3. The number of urea groups is 1. The summed E-state index contributed by atoms with van der Waals surface area (Å²) in [6, 6.07) is -1.25. The van der Waals surface area contributed by atoms with Crippen LogP contribution in [0.1, 0.15) is 47.0 Å². The van der Waals surface area contributed by atoms with Gasteiger partial charge in [0.2, 0.25) is 0 Å². The van der Waals surface area contributed by atoms with Crippen LogP contribution in [0.2, 0.25) is 0 Å². The lowest BCUT2D eigenvalue weighted by molar-refractivity contribution is -0.140. The molecule has 0 aliphatic heterocycles. The van der Waals surface area contributed by atoms with Crippen LogP contribution in [-0.2, 0) is 4.79 Å². The summed E-state index contributed by atoms with van der Waals surface area (Å²) < 4.78 is 0.0203. The number of carboxylic acids is 1. The molecule has 0 bridgehead atoms. The molecule has 0 aliphatic rings. The van der Waals surface area contributed by atoms with E-state index in [4.69, 9.17) is 5.11 Å². The largest absolute Gasteiger partial charge is 0.480 e. The number of carbonyl (C=O) groups is 2. The van der Waals surface area contributed by atoms with Crippen LogP contribution in [-0.4, -0.2) is 40.7 Å². The smallest absolute Gasteiger partial charge is 0.326 e. The Morgan fingerprint density at radius 1 is 1.25 bits per heavy atom. The van der Waals surface area contributed by atoms with Crippen molar-refractivity contribution in [3.05, 3.63) is 0 Å². The number of nitrogens with one attached hydrogen (secondary N) is 2. The predicted octanol–water partition coefficient (Wildman–Crippen LogP) is 2.71. The summed E-state index contributed by atoms with van der Waals surface area (Å²) in [5.74, 6) is -1.09. The number of aliphatic carboxylic acids is 1. The third kappa shape index (κ3) is 5.61. The van der Waals surface area contributed by atoms with Gasteiger partial charge in [-0.1, -0.05) is 34.1 Å². The first-order valence-corrected chi connectivity index (χ1v) is 8.40. The lowest BCUT2D eigenvalue weighted by Crippen LogP contribution is -2.51. The highest BCUT2D eigenvalue weighted by Crippen LogP contribution is 2.29. The van der Waals surface area contributed by atoms with Crippen LogP contribution in [0.4, 0.5) is 4.79 Å². The Hall–Kier alpha value is -0.910. The van der Waals surface area contributed by atoms with E-state index in [1.807, 2.05) is 20.1 Å².